The molecule has 2 atom stereocenters. The van der Waals surface area contributed by atoms with Gasteiger partial charge in [-0.1, -0.05) is 0 Å². The summed E-state index contributed by atoms with van der Waals surface area (Å²) < 4.78 is 12.6. The van der Waals surface area contributed by atoms with E-state index in [9.17, 15) is 4.39 Å². The average Bonchev–Trinajstić information content (AvgIpc) is 2.13. The van der Waals surface area contributed by atoms with Crippen molar-refractivity contribution in [2.24, 2.45) is 11.7 Å². The van der Waals surface area contributed by atoms with Crippen LogP contribution in [0.2, 0.25) is 0 Å². The van der Waals surface area contributed by atoms with Gasteiger partial charge in [0.25, 0.3) is 0 Å². The van der Waals surface area contributed by atoms with Crippen LogP contribution >= 0.6 is 0 Å². The molecule has 0 aromatic heterocycles. The van der Waals surface area contributed by atoms with Crippen molar-refractivity contribution in [3.05, 3.63) is 0 Å². The molecular formula is C6H11FN2. The molecule has 3 heteroatoms. The first kappa shape index (κ1) is 6.52. The van der Waals surface area contributed by atoms with Crippen molar-refractivity contribution in [1.29, 1.82) is 5.41 Å². The summed E-state index contributed by atoms with van der Waals surface area (Å²) in [4.78, 5) is 0. The number of amidine groups is 1. The predicted molar refractivity (Wildman–Crippen MR) is 34.2 cm³/mol. The quantitative estimate of drug-likeness (QED) is 0.404. The van der Waals surface area contributed by atoms with Crippen molar-refractivity contribution < 1.29 is 4.39 Å². The Morgan fingerprint density at radius 1 is 1.56 bits per heavy atom. The van der Waals surface area contributed by atoms with Gasteiger partial charge in [0, 0.05) is 5.92 Å². The van der Waals surface area contributed by atoms with Gasteiger partial charge in [-0.15, -0.1) is 0 Å². The lowest BCUT2D eigenvalue weighted by Crippen LogP contribution is -2.26. The summed E-state index contributed by atoms with van der Waals surface area (Å²) in [7, 11) is 0. The molecule has 3 N–H and O–H groups in total. The Morgan fingerprint density at radius 2 is 2.22 bits per heavy atom. The number of nitrogens with one attached hydrogen (secondary N) is 1. The summed E-state index contributed by atoms with van der Waals surface area (Å²) in [5, 5.41) is 6.96. The van der Waals surface area contributed by atoms with Crippen LogP contribution in [0.4, 0.5) is 4.39 Å². The number of nitrogens with two attached hydrogens (primary N) is 1. The summed E-state index contributed by atoms with van der Waals surface area (Å²) in [6, 6.07) is 0. The molecule has 2 nitrogen and oxygen atoms in total. The van der Waals surface area contributed by atoms with Crippen molar-refractivity contribution in [3.63, 3.8) is 0 Å². The molecule has 0 aliphatic heterocycles. The van der Waals surface area contributed by atoms with Gasteiger partial charge in [0.2, 0.25) is 0 Å². The molecule has 1 rings (SSSR count). The Bertz CT molecular complexity index is 124. The second-order valence-electron chi connectivity index (χ2n) is 2.51. The summed E-state index contributed by atoms with van der Waals surface area (Å²) in [6.45, 7) is 0. The third-order valence-electron chi connectivity index (χ3n) is 1.83. The largest absolute Gasteiger partial charge is 0.387 e. The minimum Gasteiger partial charge on any atom is -0.387 e. The smallest absolute Gasteiger partial charge is 0.110 e. The van der Waals surface area contributed by atoms with Crippen molar-refractivity contribution in [3.8, 4) is 0 Å². The number of hydrogen-bond donors (Lipinski definition) is 2. The lowest BCUT2D eigenvalue weighted by Gasteiger charge is -2.08. The van der Waals surface area contributed by atoms with Gasteiger partial charge in [0.15, 0.2) is 0 Å². The standard InChI is InChI=1S/C6H11FN2/c7-5-3-1-2-4(5)6(8)9/h4-5H,1-3H2,(H3,8,9). The van der Waals surface area contributed by atoms with Crippen LogP contribution in [0, 0.1) is 11.3 Å². The molecule has 0 saturated heterocycles. The minimum absolute atomic E-state index is 0.0139. The van der Waals surface area contributed by atoms with E-state index in [-0.39, 0.29) is 11.8 Å². The lowest BCUT2D eigenvalue weighted by molar-refractivity contribution is 0.307. The zero-order chi connectivity index (χ0) is 6.85. The van der Waals surface area contributed by atoms with Gasteiger partial charge in [-0.2, -0.15) is 0 Å². The van der Waals surface area contributed by atoms with Crippen LogP contribution in [-0.4, -0.2) is 12.0 Å². The van der Waals surface area contributed by atoms with E-state index in [1.54, 1.807) is 0 Å². The fraction of sp³-hybridized carbons (Fsp3) is 0.833. The van der Waals surface area contributed by atoms with Gasteiger partial charge in [0.1, 0.15) is 6.17 Å². The van der Waals surface area contributed by atoms with Gasteiger partial charge in [-0.25, -0.2) is 4.39 Å². The first-order valence-corrected chi connectivity index (χ1v) is 3.20. The summed E-state index contributed by atoms with van der Waals surface area (Å²) in [5.41, 5.74) is 5.13. The van der Waals surface area contributed by atoms with E-state index in [4.69, 9.17) is 11.1 Å². The number of alkyl halides is 1. The molecule has 1 aliphatic rings. The fourth-order valence-corrected chi connectivity index (χ4v) is 1.27. The molecule has 52 valence electrons. The third-order valence-corrected chi connectivity index (χ3v) is 1.83. The van der Waals surface area contributed by atoms with Gasteiger partial charge < -0.3 is 5.73 Å². The minimum atomic E-state index is -0.845. The van der Waals surface area contributed by atoms with Gasteiger partial charge >= 0.3 is 0 Å². The molecule has 0 heterocycles. The molecule has 0 bridgehead atoms. The molecule has 1 aliphatic carbocycles. The van der Waals surface area contributed by atoms with Crippen molar-refractivity contribution in [2.75, 3.05) is 0 Å². The van der Waals surface area contributed by atoms with Gasteiger partial charge in [-0.3, -0.25) is 5.41 Å². The van der Waals surface area contributed by atoms with E-state index < -0.39 is 6.17 Å². The van der Waals surface area contributed by atoms with E-state index >= 15 is 0 Å². The highest BCUT2D eigenvalue weighted by Crippen LogP contribution is 2.27. The molecule has 0 spiro atoms. The maximum absolute atomic E-state index is 12.6. The summed E-state index contributed by atoms with van der Waals surface area (Å²) in [6.07, 6.45) is 1.38. The van der Waals surface area contributed by atoms with Gasteiger partial charge in [-0.05, 0) is 19.3 Å². The van der Waals surface area contributed by atoms with Gasteiger partial charge in [0.05, 0.1) is 5.84 Å². The second kappa shape index (κ2) is 2.33. The molecule has 0 radical (unpaired) electrons. The van der Waals surface area contributed by atoms with Crippen LogP contribution in [0.25, 0.3) is 0 Å². The second-order valence-corrected chi connectivity index (χ2v) is 2.51. The Hall–Kier alpha value is -0.600. The SMILES string of the molecule is N=C(N)C1CCCC1F. The van der Waals surface area contributed by atoms with Crippen LogP contribution in [0.1, 0.15) is 19.3 Å². The highest BCUT2D eigenvalue weighted by atomic mass is 19.1. The first-order chi connectivity index (χ1) is 4.22. The average molecular weight is 130 g/mol. The maximum Gasteiger partial charge on any atom is 0.110 e. The Labute approximate surface area is 53.7 Å². The van der Waals surface area contributed by atoms with Crippen molar-refractivity contribution >= 4 is 5.84 Å². The molecular weight excluding hydrogens is 119 g/mol. The van der Waals surface area contributed by atoms with Crippen LogP contribution in [0.3, 0.4) is 0 Å². The lowest BCUT2D eigenvalue weighted by atomic mass is 10.1. The normalized spacial score (nSPS) is 34.8. The van der Waals surface area contributed by atoms with Crippen molar-refractivity contribution in [1.82, 2.24) is 0 Å². The van der Waals surface area contributed by atoms with E-state index in [0.717, 1.165) is 12.8 Å². The molecule has 1 fully saturated rings. The van der Waals surface area contributed by atoms with Crippen LogP contribution in [-0.2, 0) is 0 Å². The topological polar surface area (TPSA) is 49.9 Å². The monoisotopic (exact) mass is 130 g/mol. The molecule has 0 aromatic rings. The molecule has 0 aromatic carbocycles. The Kier molecular flexibility index (Phi) is 1.69. The van der Waals surface area contributed by atoms with Crippen LogP contribution in [0.15, 0.2) is 0 Å². The predicted octanol–water partition coefficient (Wildman–Crippen LogP) is 1.06. The zero-order valence-electron chi connectivity index (χ0n) is 5.23. The maximum atomic E-state index is 12.6. The number of hydrogen-bond acceptors (Lipinski definition) is 1. The Morgan fingerprint density at radius 3 is 2.44 bits per heavy atom. The highest BCUT2D eigenvalue weighted by molar-refractivity contribution is 5.80. The number of rotatable bonds is 1. The van der Waals surface area contributed by atoms with E-state index in [1.165, 1.54) is 0 Å². The van der Waals surface area contributed by atoms with Crippen LogP contribution < -0.4 is 5.73 Å². The highest BCUT2D eigenvalue weighted by Gasteiger charge is 2.28. The van der Waals surface area contributed by atoms with E-state index in [1.807, 2.05) is 0 Å². The Balaban J connectivity index is 2.49. The molecule has 0 amide bonds. The molecule has 1 saturated carbocycles. The van der Waals surface area contributed by atoms with E-state index in [2.05, 4.69) is 0 Å². The third kappa shape index (κ3) is 1.20. The number of halogens is 1. The first-order valence-electron chi connectivity index (χ1n) is 3.20. The van der Waals surface area contributed by atoms with Crippen LogP contribution in [0.5, 0.6) is 0 Å². The fourth-order valence-electron chi connectivity index (χ4n) is 1.27. The molecule has 9 heavy (non-hydrogen) atoms. The zero-order valence-corrected chi connectivity index (χ0v) is 5.23. The summed E-state index contributed by atoms with van der Waals surface area (Å²) in [5.74, 6) is -0.259. The molecule has 2 unspecified atom stereocenters. The summed E-state index contributed by atoms with van der Waals surface area (Å²) >= 11 is 0. The van der Waals surface area contributed by atoms with E-state index in [0.29, 0.717) is 6.42 Å². The van der Waals surface area contributed by atoms with Crippen molar-refractivity contribution in [2.45, 2.75) is 25.4 Å².